The molecule has 0 aliphatic heterocycles. The lowest BCUT2D eigenvalue weighted by molar-refractivity contribution is -0.114. The summed E-state index contributed by atoms with van der Waals surface area (Å²) in [5.41, 5.74) is -2.43. The first kappa shape index (κ1) is 11.2. The van der Waals surface area contributed by atoms with Crippen molar-refractivity contribution in [1.82, 2.24) is 0 Å². The SMILES string of the molecule is [2H]c1c([2H])c(N(C([2H])([2H])[2H])C([2H])([2H])[2H])c([2H])c([2H])c1[C@H]1C[C@@]2(C)[C@@H](CC[C@@]2(O)C#CC)[C@]2([2H])CCC3=CC(=O)C([2H])([2H])CC3=C12. The van der Waals surface area contributed by atoms with E-state index in [0.717, 1.165) is 0 Å². The highest BCUT2D eigenvalue weighted by Crippen LogP contribution is 2.66. The number of hydrogen-bond donors (Lipinski definition) is 1. The predicted molar refractivity (Wildman–Crippen MR) is 129 cm³/mol. The molecule has 0 bridgehead atoms. The Morgan fingerprint density at radius 2 is 2.06 bits per heavy atom. The van der Waals surface area contributed by atoms with Gasteiger partial charge in [-0.05, 0) is 92.1 Å². The number of anilines is 1. The van der Waals surface area contributed by atoms with E-state index in [1.807, 2.05) is 0 Å². The molecule has 2 saturated carbocycles. The molecule has 3 heteroatoms. The molecule has 0 saturated heterocycles. The van der Waals surface area contributed by atoms with Crippen LogP contribution in [0.3, 0.4) is 0 Å². The van der Waals surface area contributed by atoms with Gasteiger partial charge < -0.3 is 10.0 Å². The summed E-state index contributed by atoms with van der Waals surface area (Å²) in [4.78, 5) is 12.6. The standard InChI is InChI=1S/C29H35NO2/c1-5-15-29(32)16-14-26-24-12-8-20-17-22(31)11-13-23(20)27(24)25(18-28(26,29)2)19-6-9-21(10-7-19)30(3)4/h6-7,9-10,17,24-26,32H,8,11-14,16,18H2,1-4H3/t24-,25+,26-,28-,29-/m0/s1/i3D3,4D3,6D,7D,9D,10D,11D2,24D. The Labute approximate surface area is 210 Å². The zero-order chi connectivity index (χ0) is 33.9. The van der Waals surface area contributed by atoms with Crippen LogP contribution in [-0.2, 0) is 4.79 Å². The zero-order valence-corrected chi connectivity index (χ0v) is 18.3. The Hall–Kier alpha value is -2.31. The molecule has 1 aromatic carbocycles. The van der Waals surface area contributed by atoms with E-state index in [4.69, 9.17) is 16.4 Å². The summed E-state index contributed by atoms with van der Waals surface area (Å²) in [6, 6.07) is -3.16. The molecule has 5 atom stereocenters. The smallest absolute Gasteiger partial charge is 0.156 e. The van der Waals surface area contributed by atoms with Crippen LogP contribution in [0.2, 0.25) is 0 Å². The van der Waals surface area contributed by atoms with Crippen molar-refractivity contribution in [2.24, 2.45) is 17.2 Å². The summed E-state index contributed by atoms with van der Waals surface area (Å²) in [7, 11) is 0. The first-order valence-electron chi connectivity index (χ1n) is 17.5. The van der Waals surface area contributed by atoms with Crippen molar-refractivity contribution < 1.29 is 27.7 Å². The fourth-order valence-electron chi connectivity index (χ4n) is 6.37. The van der Waals surface area contributed by atoms with E-state index in [1.54, 1.807) is 13.8 Å². The quantitative estimate of drug-likeness (QED) is 0.623. The number of benzene rings is 1. The molecule has 0 aromatic heterocycles. The average molecular weight is 443 g/mol. The van der Waals surface area contributed by atoms with Gasteiger partial charge in [-0.3, -0.25) is 4.79 Å². The van der Waals surface area contributed by atoms with Gasteiger partial charge in [0.25, 0.3) is 0 Å². The second kappa shape index (κ2) is 7.63. The summed E-state index contributed by atoms with van der Waals surface area (Å²) in [6.45, 7) is -3.30. The molecule has 168 valence electrons. The van der Waals surface area contributed by atoms with E-state index in [2.05, 4.69) is 11.8 Å². The molecular formula is C29H35NO2. The van der Waals surface area contributed by atoms with Gasteiger partial charge in [-0.1, -0.05) is 30.5 Å². The molecule has 3 nitrogen and oxygen atoms in total. The van der Waals surface area contributed by atoms with Crippen LogP contribution in [0.4, 0.5) is 5.69 Å². The molecule has 32 heavy (non-hydrogen) atoms. The number of hydrogen-bond acceptors (Lipinski definition) is 3. The van der Waals surface area contributed by atoms with E-state index in [1.165, 1.54) is 6.08 Å². The lowest BCUT2D eigenvalue weighted by atomic mass is 9.51. The topological polar surface area (TPSA) is 40.5 Å². The van der Waals surface area contributed by atoms with E-state index in [-0.39, 0.29) is 36.1 Å². The van der Waals surface area contributed by atoms with Gasteiger partial charge in [0, 0.05) is 49.7 Å². The normalized spacial score (nSPS) is 46.4. The van der Waals surface area contributed by atoms with Crippen molar-refractivity contribution in [3.63, 3.8) is 0 Å². The number of rotatable bonds is 2. The molecule has 0 unspecified atom stereocenters. The van der Waals surface area contributed by atoms with Crippen molar-refractivity contribution >= 4 is 11.5 Å². The van der Waals surface area contributed by atoms with Gasteiger partial charge >= 0.3 is 0 Å². The van der Waals surface area contributed by atoms with Gasteiger partial charge in [-0.2, -0.15) is 0 Å². The number of allylic oxidation sites excluding steroid dienone is 4. The minimum Gasteiger partial charge on any atom is -0.378 e. The first-order valence-corrected chi connectivity index (χ1v) is 11.0. The molecular weight excluding hydrogens is 394 g/mol. The Morgan fingerprint density at radius 3 is 2.78 bits per heavy atom. The Balaban J connectivity index is 1.86. The highest BCUT2D eigenvalue weighted by atomic mass is 16.3. The Bertz CT molecular complexity index is 1570. The van der Waals surface area contributed by atoms with Crippen molar-refractivity contribution in [2.45, 2.75) is 70.3 Å². The summed E-state index contributed by atoms with van der Waals surface area (Å²) < 4.78 is 109. The molecule has 4 aliphatic rings. The second-order valence-electron chi connectivity index (χ2n) is 9.40. The van der Waals surface area contributed by atoms with Gasteiger partial charge in [0.1, 0.15) is 5.60 Å². The van der Waals surface area contributed by atoms with E-state index in [9.17, 15) is 11.3 Å². The van der Waals surface area contributed by atoms with Gasteiger partial charge in [-0.25, -0.2) is 0 Å². The van der Waals surface area contributed by atoms with Gasteiger partial charge in [0.05, 0.1) is 5.48 Å². The van der Waals surface area contributed by atoms with Crippen LogP contribution in [0.1, 0.15) is 88.0 Å². The van der Waals surface area contributed by atoms with Crippen LogP contribution in [0.25, 0.3) is 0 Å². The largest absolute Gasteiger partial charge is 0.378 e. The molecule has 2 fully saturated rings. The van der Waals surface area contributed by atoms with Crippen LogP contribution in [-0.4, -0.2) is 30.4 Å². The lowest BCUT2D eigenvalue weighted by Crippen LogP contribution is -2.51. The van der Waals surface area contributed by atoms with Gasteiger partial charge in [-0.15, -0.1) is 5.92 Å². The Morgan fingerprint density at radius 1 is 1.28 bits per heavy atom. The monoisotopic (exact) mass is 442 g/mol. The minimum atomic E-state index is -3.34. The lowest BCUT2D eigenvalue weighted by Gasteiger charge is -2.53. The average Bonchev–Trinajstić information content (AvgIpc) is 3.15. The minimum absolute atomic E-state index is 0.00474. The molecule has 0 radical (unpaired) electrons. The first-order chi connectivity index (χ1) is 20.5. The Kier molecular flexibility index (Phi) is 2.67. The van der Waals surface area contributed by atoms with E-state index >= 15 is 0 Å². The number of carbonyl (C=O) groups is 1. The number of fused-ring (bicyclic) bond motifs is 4. The third-order valence-corrected chi connectivity index (χ3v) is 7.91. The number of aliphatic hydroxyl groups is 1. The summed E-state index contributed by atoms with van der Waals surface area (Å²) in [6.07, 6.45) is -0.228. The highest BCUT2D eigenvalue weighted by Gasteiger charge is 2.62. The predicted octanol–water partition coefficient (Wildman–Crippen LogP) is 5.41. The third-order valence-electron chi connectivity index (χ3n) is 7.91. The van der Waals surface area contributed by atoms with Crippen LogP contribution in [0.15, 0.2) is 47.0 Å². The molecule has 5 rings (SSSR count). The molecule has 0 spiro atoms. The molecule has 4 aliphatic carbocycles. The van der Waals surface area contributed by atoms with Crippen molar-refractivity contribution in [2.75, 3.05) is 18.9 Å². The van der Waals surface area contributed by atoms with E-state index in [0.29, 0.717) is 29.6 Å². The highest BCUT2D eigenvalue weighted by molar-refractivity contribution is 5.93. The summed E-state index contributed by atoms with van der Waals surface area (Å²) >= 11 is 0. The third kappa shape index (κ3) is 3.11. The number of carbonyl (C=O) groups excluding carboxylic acids is 1. The number of ketones is 1. The molecule has 0 heterocycles. The van der Waals surface area contributed by atoms with Crippen LogP contribution >= 0.6 is 0 Å². The summed E-state index contributed by atoms with van der Waals surface area (Å²) in [5.74, 6) is 1.98. The fraction of sp³-hybridized carbons (Fsp3) is 0.552. The maximum Gasteiger partial charge on any atom is 0.156 e. The molecule has 0 amide bonds. The van der Waals surface area contributed by atoms with Crippen molar-refractivity contribution in [1.29, 1.82) is 0 Å². The molecule has 1 aromatic rings. The molecule has 1 N–H and O–H groups in total. The fourth-order valence-corrected chi connectivity index (χ4v) is 6.37. The maximum absolute atomic E-state index is 12.6. The van der Waals surface area contributed by atoms with Crippen LogP contribution < -0.4 is 4.90 Å². The maximum atomic E-state index is 12.6. The number of nitrogens with zero attached hydrogens (tertiary/aromatic N) is 1. The summed E-state index contributed by atoms with van der Waals surface area (Å²) in [5, 5.41) is 11.9. The van der Waals surface area contributed by atoms with Crippen molar-refractivity contribution in [3.05, 3.63) is 52.5 Å². The van der Waals surface area contributed by atoms with Gasteiger partial charge in [0.2, 0.25) is 0 Å². The van der Waals surface area contributed by atoms with Crippen LogP contribution in [0.5, 0.6) is 0 Å². The zero-order valence-electron chi connectivity index (χ0n) is 31.3. The van der Waals surface area contributed by atoms with Crippen LogP contribution in [0, 0.1) is 29.1 Å². The second-order valence-corrected chi connectivity index (χ2v) is 9.40. The van der Waals surface area contributed by atoms with Gasteiger partial charge in [0.15, 0.2) is 5.78 Å². The van der Waals surface area contributed by atoms with E-state index < -0.39 is 84.7 Å². The van der Waals surface area contributed by atoms with Crippen molar-refractivity contribution in [3.8, 4) is 11.8 Å².